The van der Waals surface area contributed by atoms with Crippen LogP contribution in [0.1, 0.15) is 6.92 Å². The summed E-state index contributed by atoms with van der Waals surface area (Å²) in [7, 11) is 0. The normalized spacial score (nSPS) is 14.7. The zero-order valence-corrected chi connectivity index (χ0v) is 12.8. The van der Waals surface area contributed by atoms with Crippen molar-refractivity contribution in [2.75, 3.05) is 11.1 Å². The van der Waals surface area contributed by atoms with Gasteiger partial charge in [0, 0.05) is 18.3 Å². The van der Waals surface area contributed by atoms with Gasteiger partial charge < -0.3 is 19.4 Å². The lowest BCUT2D eigenvalue weighted by Crippen LogP contribution is -2.25. The van der Waals surface area contributed by atoms with Crippen molar-refractivity contribution in [1.29, 1.82) is 0 Å². The lowest BCUT2D eigenvalue weighted by atomic mass is 10.3. The highest BCUT2D eigenvalue weighted by Gasteiger charge is 2.43. The van der Waals surface area contributed by atoms with Crippen LogP contribution in [0.3, 0.4) is 0 Å². The molecule has 0 spiro atoms. The van der Waals surface area contributed by atoms with Gasteiger partial charge >= 0.3 is 6.29 Å². The van der Waals surface area contributed by atoms with Crippen LogP contribution in [-0.4, -0.2) is 32.7 Å². The number of thioether (sulfide) groups is 1. The fraction of sp³-hybridized carbons (Fsp3) is 0.308. The average molecular weight is 342 g/mol. The number of nitrogens with one attached hydrogen (secondary N) is 1. The Bertz CT molecular complexity index is 738. The first-order valence-corrected chi connectivity index (χ1v) is 7.66. The number of aromatic nitrogens is 3. The largest absolute Gasteiger partial charge is 0.586 e. The summed E-state index contributed by atoms with van der Waals surface area (Å²) in [4.78, 5) is 11.9. The van der Waals surface area contributed by atoms with Gasteiger partial charge in [-0.1, -0.05) is 11.8 Å². The molecule has 1 aliphatic rings. The van der Waals surface area contributed by atoms with Gasteiger partial charge in [-0.25, -0.2) is 0 Å². The first-order valence-electron chi connectivity index (χ1n) is 6.67. The van der Waals surface area contributed by atoms with E-state index in [1.807, 2.05) is 6.92 Å². The number of nitrogens with zero attached hydrogens (tertiary/aromatic N) is 3. The topological polar surface area (TPSA) is 78.3 Å². The van der Waals surface area contributed by atoms with E-state index in [-0.39, 0.29) is 23.2 Å². The first kappa shape index (κ1) is 15.5. The van der Waals surface area contributed by atoms with Crippen LogP contribution >= 0.6 is 11.8 Å². The first-order chi connectivity index (χ1) is 11.0. The maximum absolute atomic E-state index is 12.9. The summed E-state index contributed by atoms with van der Waals surface area (Å²) in [6, 6.07) is 4.06. The number of ether oxygens (including phenoxy) is 2. The van der Waals surface area contributed by atoms with Crippen molar-refractivity contribution in [2.24, 2.45) is 0 Å². The lowest BCUT2D eigenvalue weighted by Gasteiger charge is -2.06. The average Bonchev–Trinajstić information content (AvgIpc) is 3.06. The molecule has 23 heavy (non-hydrogen) atoms. The van der Waals surface area contributed by atoms with Gasteiger partial charge in [-0.3, -0.25) is 4.79 Å². The molecule has 10 heteroatoms. The Morgan fingerprint density at radius 3 is 2.96 bits per heavy atom. The highest BCUT2D eigenvalue weighted by Crippen LogP contribution is 2.42. The number of benzene rings is 1. The molecule has 0 radical (unpaired) electrons. The number of hydrogen-bond acceptors (Lipinski definition) is 6. The van der Waals surface area contributed by atoms with Crippen LogP contribution in [-0.2, 0) is 11.3 Å². The summed E-state index contributed by atoms with van der Waals surface area (Å²) < 4.78 is 36.3. The fourth-order valence-corrected chi connectivity index (χ4v) is 2.71. The third kappa shape index (κ3) is 3.52. The number of halogens is 2. The van der Waals surface area contributed by atoms with E-state index in [2.05, 4.69) is 25.0 Å². The van der Waals surface area contributed by atoms with Crippen molar-refractivity contribution >= 4 is 23.4 Å². The van der Waals surface area contributed by atoms with Crippen LogP contribution in [0.15, 0.2) is 29.7 Å². The van der Waals surface area contributed by atoms with Crippen molar-refractivity contribution < 1.29 is 23.0 Å². The third-order valence-corrected chi connectivity index (χ3v) is 3.92. The second kappa shape index (κ2) is 6.03. The van der Waals surface area contributed by atoms with E-state index >= 15 is 0 Å². The number of rotatable bonds is 5. The van der Waals surface area contributed by atoms with Crippen molar-refractivity contribution in [3.05, 3.63) is 24.5 Å². The molecule has 0 saturated heterocycles. The van der Waals surface area contributed by atoms with E-state index in [9.17, 15) is 13.6 Å². The predicted octanol–water partition coefficient (Wildman–Crippen LogP) is 2.35. The number of alkyl halides is 2. The van der Waals surface area contributed by atoms with E-state index in [1.54, 1.807) is 10.9 Å². The molecule has 0 saturated carbocycles. The molecule has 1 aliphatic heterocycles. The number of aryl methyl sites for hydroxylation is 1. The van der Waals surface area contributed by atoms with Gasteiger partial charge in [0.05, 0.1) is 5.75 Å². The van der Waals surface area contributed by atoms with Gasteiger partial charge in [-0.2, -0.15) is 0 Å². The fourth-order valence-electron chi connectivity index (χ4n) is 1.93. The van der Waals surface area contributed by atoms with Crippen molar-refractivity contribution in [3.8, 4) is 11.5 Å². The summed E-state index contributed by atoms with van der Waals surface area (Å²) in [6.45, 7) is 2.64. The zero-order valence-electron chi connectivity index (χ0n) is 12.0. The van der Waals surface area contributed by atoms with E-state index < -0.39 is 6.29 Å². The van der Waals surface area contributed by atoms with Gasteiger partial charge in [-0.05, 0) is 19.1 Å². The van der Waals surface area contributed by atoms with E-state index in [0.717, 1.165) is 0 Å². The van der Waals surface area contributed by atoms with Gasteiger partial charge in [0.15, 0.2) is 16.7 Å². The monoisotopic (exact) mass is 342 g/mol. The Hall–Kier alpha value is -2.36. The smallest absolute Gasteiger partial charge is 0.395 e. The minimum atomic E-state index is -3.68. The molecule has 2 heterocycles. The standard InChI is InChI=1S/C13H12F2N4O3S/c1-2-19-7-16-18-12(19)23-6-11(20)17-8-3-4-9-10(5-8)22-13(14,15)21-9/h3-5,7H,2,6H2,1H3,(H,17,20). The third-order valence-electron chi connectivity index (χ3n) is 2.94. The summed E-state index contributed by atoms with van der Waals surface area (Å²) in [5.41, 5.74) is 0.340. The van der Waals surface area contributed by atoms with Crippen LogP contribution in [0, 0.1) is 0 Å². The van der Waals surface area contributed by atoms with Gasteiger partial charge in [-0.15, -0.1) is 19.0 Å². The van der Waals surface area contributed by atoms with E-state index in [1.165, 1.54) is 30.0 Å². The minimum Gasteiger partial charge on any atom is -0.395 e. The molecule has 1 aromatic heterocycles. The molecule has 7 nitrogen and oxygen atoms in total. The molecule has 1 aromatic carbocycles. The molecule has 2 aromatic rings. The summed E-state index contributed by atoms with van der Waals surface area (Å²) in [5.74, 6) is -0.376. The molecule has 3 rings (SSSR count). The minimum absolute atomic E-state index is 0.0709. The Balaban J connectivity index is 1.59. The highest BCUT2D eigenvalue weighted by atomic mass is 32.2. The van der Waals surface area contributed by atoms with E-state index in [4.69, 9.17) is 0 Å². The molecular formula is C13H12F2N4O3S. The van der Waals surface area contributed by atoms with Crippen LogP contribution < -0.4 is 14.8 Å². The van der Waals surface area contributed by atoms with Gasteiger partial charge in [0.2, 0.25) is 5.91 Å². The van der Waals surface area contributed by atoms with E-state index in [0.29, 0.717) is 17.4 Å². The number of anilines is 1. The molecule has 1 N–H and O–H groups in total. The number of carbonyl (C=O) groups excluding carboxylic acids is 1. The molecule has 0 fully saturated rings. The van der Waals surface area contributed by atoms with Crippen LogP contribution in [0.5, 0.6) is 11.5 Å². The summed E-state index contributed by atoms with van der Waals surface area (Å²) in [6.07, 6.45) is -2.09. The summed E-state index contributed by atoms with van der Waals surface area (Å²) >= 11 is 1.23. The maximum atomic E-state index is 12.9. The molecule has 0 bridgehead atoms. The van der Waals surface area contributed by atoms with Crippen LogP contribution in [0.2, 0.25) is 0 Å². The Morgan fingerprint density at radius 1 is 1.39 bits per heavy atom. The molecule has 0 atom stereocenters. The van der Waals surface area contributed by atoms with Crippen LogP contribution in [0.4, 0.5) is 14.5 Å². The Labute approximate surface area is 134 Å². The molecular weight excluding hydrogens is 330 g/mol. The van der Waals surface area contributed by atoms with Crippen molar-refractivity contribution in [1.82, 2.24) is 14.8 Å². The highest BCUT2D eigenvalue weighted by molar-refractivity contribution is 7.99. The number of hydrogen-bond donors (Lipinski definition) is 1. The Kier molecular flexibility index (Phi) is 4.07. The van der Waals surface area contributed by atoms with Gasteiger partial charge in [0.1, 0.15) is 6.33 Å². The quantitative estimate of drug-likeness (QED) is 0.841. The molecule has 0 unspecified atom stereocenters. The van der Waals surface area contributed by atoms with Crippen molar-refractivity contribution in [3.63, 3.8) is 0 Å². The number of fused-ring (bicyclic) bond motifs is 1. The number of carbonyl (C=O) groups is 1. The lowest BCUT2D eigenvalue weighted by molar-refractivity contribution is -0.286. The SMILES string of the molecule is CCn1cnnc1SCC(=O)Nc1ccc2c(c1)OC(F)(F)O2. The van der Waals surface area contributed by atoms with Crippen LogP contribution in [0.25, 0.3) is 0 Å². The Morgan fingerprint density at radius 2 is 2.17 bits per heavy atom. The molecule has 1 amide bonds. The number of amides is 1. The summed E-state index contributed by atoms with van der Waals surface area (Å²) in [5, 5.41) is 10.9. The molecule has 122 valence electrons. The second-order valence-electron chi connectivity index (χ2n) is 4.57. The zero-order chi connectivity index (χ0) is 16.4. The predicted molar refractivity (Wildman–Crippen MR) is 77.7 cm³/mol. The second-order valence-corrected chi connectivity index (χ2v) is 5.51. The maximum Gasteiger partial charge on any atom is 0.586 e. The van der Waals surface area contributed by atoms with Gasteiger partial charge in [0.25, 0.3) is 0 Å². The molecule has 0 aliphatic carbocycles. The van der Waals surface area contributed by atoms with Crippen molar-refractivity contribution in [2.45, 2.75) is 24.9 Å².